The second-order valence-electron chi connectivity index (χ2n) is 5.37. The van der Waals surface area contributed by atoms with Gasteiger partial charge in [-0.05, 0) is 61.1 Å². The van der Waals surface area contributed by atoms with E-state index in [0.717, 1.165) is 6.42 Å². The number of fused-ring (bicyclic) bond motifs is 1. The van der Waals surface area contributed by atoms with Crippen molar-refractivity contribution < 1.29 is 0 Å². The summed E-state index contributed by atoms with van der Waals surface area (Å²) in [6.45, 7) is 6.57. The van der Waals surface area contributed by atoms with E-state index in [4.69, 9.17) is 0 Å². The van der Waals surface area contributed by atoms with E-state index in [2.05, 4.69) is 62.5 Å². The summed E-state index contributed by atoms with van der Waals surface area (Å²) in [6.07, 6.45) is 1.10. The number of hydrogen-bond acceptors (Lipinski definition) is 1. The predicted octanol–water partition coefficient (Wildman–Crippen LogP) is 4.32. The Kier molecular flexibility index (Phi) is 2.62. The summed E-state index contributed by atoms with van der Waals surface area (Å²) in [5.74, 6) is 0. The molecule has 1 aliphatic rings. The molecular formula is C17H19N. The molecule has 0 aromatic heterocycles. The minimum absolute atomic E-state index is 0.432. The molecule has 2 aromatic rings. The molecule has 0 spiro atoms. The molecule has 0 aliphatic carbocycles. The Morgan fingerprint density at radius 2 is 1.78 bits per heavy atom. The van der Waals surface area contributed by atoms with Crippen LogP contribution in [0.1, 0.15) is 33.9 Å². The van der Waals surface area contributed by atoms with Crippen LogP contribution < -0.4 is 5.32 Å². The first-order valence-electron chi connectivity index (χ1n) is 6.57. The van der Waals surface area contributed by atoms with Crippen LogP contribution in [0.4, 0.5) is 5.69 Å². The summed E-state index contributed by atoms with van der Waals surface area (Å²) >= 11 is 0. The van der Waals surface area contributed by atoms with Gasteiger partial charge in [0.1, 0.15) is 0 Å². The van der Waals surface area contributed by atoms with Crippen molar-refractivity contribution in [1.29, 1.82) is 0 Å². The molecule has 0 saturated heterocycles. The summed E-state index contributed by atoms with van der Waals surface area (Å²) in [5.41, 5.74) is 8.34. The fourth-order valence-electron chi connectivity index (χ4n) is 3.01. The van der Waals surface area contributed by atoms with E-state index in [1.54, 1.807) is 0 Å². The van der Waals surface area contributed by atoms with Crippen LogP contribution in [0.15, 0.2) is 36.4 Å². The molecule has 18 heavy (non-hydrogen) atoms. The van der Waals surface area contributed by atoms with Gasteiger partial charge in [-0.15, -0.1) is 0 Å². The summed E-state index contributed by atoms with van der Waals surface area (Å²) in [6, 6.07) is 13.6. The van der Waals surface area contributed by atoms with Gasteiger partial charge < -0.3 is 5.32 Å². The molecule has 1 atom stereocenters. The second kappa shape index (κ2) is 4.16. The Morgan fingerprint density at radius 1 is 1.00 bits per heavy atom. The second-order valence-corrected chi connectivity index (χ2v) is 5.37. The summed E-state index contributed by atoms with van der Waals surface area (Å²) < 4.78 is 0. The Hall–Kier alpha value is -1.76. The molecule has 0 bridgehead atoms. The van der Waals surface area contributed by atoms with Crippen LogP contribution in [0.3, 0.4) is 0 Å². The van der Waals surface area contributed by atoms with Crippen LogP contribution in [0.5, 0.6) is 0 Å². The van der Waals surface area contributed by atoms with Crippen LogP contribution in [0.25, 0.3) is 0 Å². The maximum atomic E-state index is 3.67. The lowest BCUT2D eigenvalue weighted by atomic mass is 9.96. The van der Waals surface area contributed by atoms with Gasteiger partial charge in [-0.1, -0.05) is 30.3 Å². The molecule has 1 nitrogen and oxygen atoms in total. The summed E-state index contributed by atoms with van der Waals surface area (Å²) in [4.78, 5) is 0. The van der Waals surface area contributed by atoms with Gasteiger partial charge in [0.05, 0.1) is 6.04 Å². The van der Waals surface area contributed by atoms with Crippen molar-refractivity contribution in [2.75, 3.05) is 5.32 Å². The Labute approximate surface area is 109 Å². The Bertz CT molecular complexity index is 599. The third-order valence-corrected chi connectivity index (χ3v) is 3.92. The molecule has 0 amide bonds. The first-order valence-corrected chi connectivity index (χ1v) is 6.57. The molecule has 1 heterocycles. The van der Waals surface area contributed by atoms with Crippen LogP contribution in [0.2, 0.25) is 0 Å². The zero-order valence-corrected chi connectivity index (χ0v) is 11.2. The van der Waals surface area contributed by atoms with Gasteiger partial charge in [0.15, 0.2) is 0 Å². The van der Waals surface area contributed by atoms with E-state index in [0.29, 0.717) is 6.04 Å². The summed E-state index contributed by atoms with van der Waals surface area (Å²) in [5, 5.41) is 3.67. The number of benzene rings is 2. The maximum absolute atomic E-state index is 3.67. The number of nitrogens with one attached hydrogen (secondary N) is 1. The first-order chi connectivity index (χ1) is 8.65. The van der Waals surface area contributed by atoms with Crippen LogP contribution >= 0.6 is 0 Å². The molecule has 0 radical (unpaired) electrons. The molecule has 0 fully saturated rings. The fraction of sp³-hybridized carbons (Fsp3) is 0.294. The van der Waals surface area contributed by atoms with E-state index in [9.17, 15) is 0 Å². The highest BCUT2D eigenvalue weighted by Gasteiger charge is 2.24. The van der Waals surface area contributed by atoms with Crippen molar-refractivity contribution in [1.82, 2.24) is 0 Å². The molecule has 2 aromatic carbocycles. The average Bonchev–Trinajstić information content (AvgIpc) is 2.73. The third kappa shape index (κ3) is 1.80. The van der Waals surface area contributed by atoms with E-state index < -0.39 is 0 Å². The Morgan fingerprint density at radius 3 is 2.56 bits per heavy atom. The van der Waals surface area contributed by atoms with Crippen molar-refractivity contribution in [3.8, 4) is 0 Å². The quantitative estimate of drug-likeness (QED) is 0.778. The molecule has 0 saturated carbocycles. The van der Waals surface area contributed by atoms with Gasteiger partial charge in [-0.3, -0.25) is 0 Å². The zero-order chi connectivity index (χ0) is 12.7. The minimum Gasteiger partial charge on any atom is -0.378 e. The van der Waals surface area contributed by atoms with Gasteiger partial charge in [-0.25, -0.2) is 0 Å². The molecule has 92 valence electrons. The molecule has 1 unspecified atom stereocenters. The zero-order valence-electron chi connectivity index (χ0n) is 11.2. The van der Waals surface area contributed by atoms with E-state index in [-0.39, 0.29) is 0 Å². The standard InChI is InChI=1S/C17H19N/c1-11-8-13(3)15-10-17(18-16(15)9-11)14-7-5-4-6-12(14)2/h4-9,17-18H,10H2,1-3H3. The Balaban J connectivity index is 1.99. The third-order valence-electron chi connectivity index (χ3n) is 3.92. The predicted molar refractivity (Wildman–Crippen MR) is 77.2 cm³/mol. The normalized spacial score (nSPS) is 17.4. The largest absolute Gasteiger partial charge is 0.378 e. The van der Waals surface area contributed by atoms with Gasteiger partial charge in [0, 0.05) is 5.69 Å². The van der Waals surface area contributed by atoms with E-state index in [1.807, 2.05) is 0 Å². The van der Waals surface area contributed by atoms with Crippen molar-refractivity contribution in [3.05, 3.63) is 64.2 Å². The van der Waals surface area contributed by atoms with Crippen LogP contribution in [0, 0.1) is 20.8 Å². The minimum atomic E-state index is 0.432. The molecule has 1 N–H and O–H groups in total. The summed E-state index contributed by atoms with van der Waals surface area (Å²) in [7, 11) is 0. The number of anilines is 1. The molecule has 3 rings (SSSR count). The lowest BCUT2D eigenvalue weighted by Crippen LogP contribution is -2.07. The van der Waals surface area contributed by atoms with Gasteiger partial charge in [-0.2, -0.15) is 0 Å². The first kappa shape index (κ1) is 11.3. The number of aryl methyl sites for hydroxylation is 3. The molecule has 1 heteroatoms. The highest BCUT2D eigenvalue weighted by Crippen LogP contribution is 2.37. The highest BCUT2D eigenvalue weighted by atomic mass is 14.9. The number of hydrogen-bond donors (Lipinski definition) is 1. The van der Waals surface area contributed by atoms with Crippen molar-refractivity contribution in [3.63, 3.8) is 0 Å². The van der Waals surface area contributed by atoms with Crippen molar-refractivity contribution in [2.45, 2.75) is 33.2 Å². The van der Waals surface area contributed by atoms with E-state index in [1.165, 1.54) is 33.5 Å². The SMILES string of the molecule is Cc1cc(C)c2c(c1)NC(c1ccccc1C)C2. The monoisotopic (exact) mass is 237 g/mol. The van der Waals surface area contributed by atoms with Gasteiger partial charge >= 0.3 is 0 Å². The molecular weight excluding hydrogens is 218 g/mol. The maximum Gasteiger partial charge on any atom is 0.0557 e. The highest BCUT2D eigenvalue weighted by molar-refractivity contribution is 5.62. The average molecular weight is 237 g/mol. The lowest BCUT2D eigenvalue weighted by molar-refractivity contribution is 0.813. The topological polar surface area (TPSA) is 12.0 Å². The van der Waals surface area contributed by atoms with E-state index >= 15 is 0 Å². The van der Waals surface area contributed by atoms with Crippen molar-refractivity contribution >= 4 is 5.69 Å². The number of rotatable bonds is 1. The lowest BCUT2D eigenvalue weighted by Gasteiger charge is -2.14. The van der Waals surface area contributed by atoms with Crippen molar-refractivity contribution in [2.24, 2.45) is 0 Å². The molecule has 1 aliphatic heterocycles. The fourth-order valence-corrected chi connectivity index (χ4v) is 3.01. The van der Waals surface area contributed by atoms with Crippen LogP contribution in [-0.4, -0.2) is 0 Å². The van der Waals surface area contributed by atoms with Crippen LogP contribution in [-0.2, 0) is 6.42 Å². The smallest absolute Gasteiger partial charge is 0.0557 e. The van der Waals surface area contributed by atoms with Gasteiger partial charge in [0.25, 0.3) is 0 Å². The van der Waals surface area contributed by atoms with Gasteiger partial charge in [0.2, 0.25) is 0 Å².